The standard InChI is InChI=1S/C28H39NO2/c1-18(7-9-20-6-4-5-15-29-20)23-11-12-24-22-10-8-19-16-21(30)17-26(31)28(19,3)25(22)13-14-27(23,24)2/h4-6,8,15,18,21-25,30H,7,9-14,16-17H2,1-3H3/t18-,21+,22+,23-,24+,25+,27-,28+/m1/s1. The second-order valence-corrected chi connectivity index (χ2v) is 11.6. The SMILES string of the molecule is C[C@H](CCc1ccccn1)[C@H]1CC[C@H]2[C@@H]3CC=C4C[C@H](O)CC(=O)[C@]4(C)[C@H]3CC[C@]12C. The summed E-state index contributed by atoms with van der Waals surface area (Å²) in [7, 11) is 0. The maximum atomic E-state index is 13.2. The fraction of sp³-hybridized carbons (Fsp3) is 0.714. The number of carbonyl (C=O) groups is 1. The van der Waals surface area contributed by atoms with Crippen LogP contribution in [0.25, 0.3) is 0 Å². The van der Waals surface area contributed by atoms with Gasteiger partial charge in [-0.3, -0.25) is 9.78 Å². The third kappa shape index (κ3) is 3.34. The molecular formula is C28H39NO2. The number of aliphatic hydroxyl groups excluding tert-OH is 1. The molecule has 8 atom stereocenters. The van der Waals surface area contributed by atoms with Gasteiger partial charge in [-0.05, 0) is 105 Å². The zero-order valence-corrected chi connectivity index (χ0v) is 19.5. The molecule has 1 aromatic rings. The molecule has 0 radical (unpaired) electrons. The number of Topliss-reactive ketones (excluding diaryl/α,β-unsaturated/α-hetero) is 1. The predicted molar refractivity (Wildman–Crippen MR) is 123 cm³/mol. The van der Waals surface area contributed by atoms with Gasteiger partial charge in [-0.1, -0.05) is 31.6 Å². The highest BCUT2D eigenvalue weighted by molar-refractivity contribution is 5.90. The van der Waals surface area contributed by atoms with E-state index in [1.807, 2.05) is 12.3 Å². The van der Waals surface area contributed by atoms with Crippen molar-refractivity contribution >= 4 is 5.78 Å². The summed E-state index contributed by atoms with van der Waals surface area (Å²) < 4.78 is 0. The number of hydrogen-bond acceptors (Lipinski definition) is 3. The molecular weight excluding hydrogens is 382 g/mol. The second kappa shape index (κ2) is 7.83. The Morgan fingerprint density at radius 2 is 2.00 bits per heavy atom. The highest BCUT2D eigenvalue weighted by Gasteiger charge is 2.61. The van der Waals surface area contributed by atoms with Crippen LogP contribution in [0.5, 0.6) is 0 Å². The van der Waals surface area contributed by atoms with Crippen molar-refractivity contribution in [3.8, 4) is 0 Å². The van der Waals surface area contributed by atoms with Crippen LogP contribution in [0, 0.1) is 40.4 Å². The molecule has 1 aromatic heterocycles. The van der Waals surface area contributed by atoms with Crippen molar-refractivity contribution in [2.45, 2.75) is 84.7 Å². The molecule has 1 N–H and O–H groups in total. The van der Waals surface area contributed by atoms with E-state index in [0.29, 0.717) is 41.8 Å². The zero-order chi connectivity index (χ0) is 21.8. The summed E-state index contributed by atoms with van der Waals surface area (Å²) in [6, 6.07) is 6.25. The Morgan fingerprint density at radius 1 is 1.16 bits per heavy atom. The topological polar surface area (TPSA) is 50.2 Å². The first kappa shape index (κ1) is 21.4. The lowest BCUT2D eigenvalue weighted by molar-refractivity contribution is -0.140. The minimum atomic E-state index is -0.465. The molecule has 1 heterocycles. The van der Waals surface area contributed by atoms with Crippen LogP contribution < -0.4 is 0 Å². The molecule has 0 saturated heterocycles. The molecule has 3 heteroatoms. The van der Waals surface area contributed by atoms with E-state index in [-0.39, 0.29) is 5.41 Å². The normalized spacial score (nSPS) is 42.9. The number of aliphatic hydroxyl groups is 1. The summed E-state index contributed by atoms with van der Waals surface area (Å²) in [4.78, 5) is 17.7. The quantitative estimate of drug-likeness (QED) is 0.628. The molecule has 4 aliphatic carbocycles. The first-order chi connectivity index (χ1) is 14.8. The molecule has 168 valence electrons. The van der Waals surface area contributed by atoms with Crippen molar-refractivity contribution in [2.24, 2.45) is 40.4 Å². The Hall–Kier alpha value is -1.48. The van der Waals surface area contributed by atoms with Crippen LogP contribution >= 0.6 is 0 Å². The maximum absolute atomic E-state index is 13.2. The van der Waals surface area contributed by atoms with Gasteiger partial charge in [0.2, 0.25) is 0 Å². The van der Waals surface area contributed by atoms with Gasteiger partial charge in [-0.2, -0.15) is 0 Å². The lowest BCUT2D eigenvalue weighted by atomic mass is 9.46. The number of carbonyl (C=O) groups excluding carboxylic acids is 1. The maximum Gasteiger partial charge on any atom is 0.145 e. The van der Waals surface area contributed by atoms with E-state index in [9.17, 15) is 9.90 Å². The molecule has 0 spiro atoms. The van der Waals surface area contributed by atoms with Crippen LogP contribution in [0.1, 0.15) is 77.8 Å². The van der Waals surface area contributed by atoms with E-state index in [0.717, 1.165) is 24.7 Å². The van der Waals surface area contributed by atoms with Crippen LogP contribution in [-0.4, -0.2) is 22.0 Å². The van der Waals surface area contributed by atoms with Crippen LogP contribution in [0.2, 0.25) is 0 Å². The monoisotopic (exact) mass is 421 g/mol. The van der Waals surface area contributed by atoms with Crippen molar-refractivity contribution in [1.82, 2.24) is 4.98 Å². The molecule has 0 amide bonds. The smallest absolute Gasteiger partial charge is 0.145 e. The van der Waals surface area contributed by atoms with Crippen molar-refractivity contribution in [1.29, 1.82) is 0 Å². The first-order valence-corrected chi connectivity index (χ1v) is 12.6. The van der Waals surface area contributed by atoms with Gasteiger partial charge in [0.05, 0.1) is 11.5 Å². The second-order valence-electron chi connectivity index (χ2n) is 11.6. The molecule has 3 nitrogen and oxygen atoms in total. The Bertz CT molecular complexity index is 863. The van der Waals surface area contributed by atoms with E-state index >= 15 is 0 Å². The Kier molecular flexibility index (Phi) is 5.40. The van der Waals surface area contributed by atoms with Crippen LogP contribution in [0.15, 0.2) is 36.0 Å². The van der Waals surface area contributed by atoms with Gasteiger partial charge in [0.25, 0.3) is 0 Å². The zero-order valence-electron chi connectivity index (χ0n) is 19.5. The lowest BCUT2D eigenvalue weighted by Gasteiger charge is -2.57. The average Bonchev–Trinajstić information content (AvgIpc) is 3.11. The summed E-state index contributed by atoms with van der Waals surface area (Å²) in [5.41, 5.74) is 2.56. The molecule has 5 rings (SSSR count). The minimum absolute atomic E-state index is 0.300. The Balaban J connectivity index is 1.34. The van der Waals surface area contributed by atoms with Crippen LogP contribution in [0.4, 0.5) is 0 Å². The van der Waals surface area contributed by atoms with Crippen LogP contribution in [-0.2, 0) is 11.2 Å². The fourth-order valence-electron chi connectivity index (χ4n) is 8.59. The van der Waals surface area contributed by atoms with Crippen molar-refractivity contribution < 1.29 is 9.90 Å². The van der Waals surface area contributed by atoms with Gasteiger partial charge in [-0.15, -0.1) is 0 Å². The molecule has 3 saturated carbocycles. The van der Waals surface area contributed by atoms with Gasteiger partial charge < -0.3 is 5.11 Å². The first-order valence-electron chi connectivity index (χ1n) is 12.6. The molecule has 0 aromatic carbocycles. The average molecular weight is 422 g/mol. The summed E-state index contributed by atoms with van der Waals surface area (Å²) in [5.74, 6) is 3.65. The van der Waals surface area contributed by atoms with Gasteiger partial charge >= 0.3 is 0 Å². The van der Waals surface area contributed by atoms with Crippen LogP contribution in [0.3, 0.4) is 0 Å². The number of pyridine rings is 1. The summed E-state index contributed by atoms with van der Waals surface area (Å²) in [6.45, 7) is 7.27. The van der Waals surface area contributed by atoms with Gasteiger partial charge in [0.15, 0.2) is 0 Å². The molecule has 31 heavy (non-hydrogen) atoms. The Morgan fingerprint density at radius 3 is 2.77 bits per heavy atom. The van der Waals surface area contributed by atoms with E-state index in [1.165, 1.54) is 43.4 Å². The Labute approximate surface area is 187 Å². The van der Waals surface area contributed by atoms with E-state index in [1.54, 1.807) is 0 Å². The minimum Gasteiger partial charge on any atom is -0.392 e. The highest BCUT2D eigenvalue weighted by Crippen LogP contribution is 2.66. The molecule has 0 aliphatic heterocycles. The molecule has 0 unspecified atom stereocenters. The fourth-order valence-corrected chi connectivity index (χ4v) is 8.59. The number of rotatable bonds is 4. The summed E-state index contributed by atoms with van der Waals surface area (Å²) >= 11 is 0. The number of fused-ring (bicyclic) bond motifs is 5. The van der Waals surface area contributed by atoms with Gasteiger partial charge in [-0.25, -0.2) is 0 Å². The molecule has 0 bridgehead atoms. The van der Waals surface area contributed by atoms with Gasteiger partial charge in [0, 0.05) is 18.3 Å². The predicted octanol–water partition coefficient (Wildman–Crippen LogP) is 5.77. The number of hydrogen-bond donors (Lipinski definition) is 1. The molecule has 3 fully saturated rings. The summed E-state index contributed by atoms with van der Waals surface area (Å²) in [5, 5.41) is 10.2. The lowest BCUT2D eigenvalue weighted by Crippen LogP contribution is -2.54. The van der Waals surface area contributed by atoms with Crippen molar-refractivity contribution in [3.63, 3.8) is 0 Å². The largest absolute Gasteiger partial charge is 0.392 e. The third-order valence-corrected chi connectivity index (χ3v) is 10.3. The number of allylic oxidation sites excluding steroid dienone is 1. The van der Waals surface area contributed by atoms with Gasteiger partial charge in [0.1, 0.15) is 5.78 Å². The van der Waals surface area contributed by atoms with Crippen molar-refractivity contribution in [2.75, 3.05) is 0 Å². The number of nitrogens with zero attached hydrogens (tertiary/aromatic N) is 1. The number of aromatic nitrogens is 1. The van der Waals surface area contributed by atoms with E-state index in [4.69, 9.17) is 0 Å². The number of ketones is 1. The van der Waals surface area contributed by atoms with Crippen molar-refractivity contribution in [3.05, 3.63) is 41.7 Å². The number of aryl methyl sites for hydroxylation is 1. The summed E-state index contributed by atoms with van der Waals surface area (Å²) in [6.07, 6.45) is 13.4. The van der Waals surface area contributed by atoms with E-state index in [2.05, 4.69) is 44.0 Å². The third-order valence-electron chi connectivity index (χ3n) is 10.3. The van der Waals surface area contributed by atoms with E-state index < -0.39 is 6.10 Å². The highest BCUT2D eigenvalue weighted by atomic mass is 16.3. The molecule has 4 aliphatic rings.